The summed E-state index contributed by atoms with van der Waals surface area (Å²) < 4.78 is 5.62. The van der Waals surface area contributed by atoms with Crippen LogP contribution in [0, 0.1) is 0 Å². The van der Waals surface area contributed by atoms with Crippen molar-refractivity contribution in [1.29, 1.82) is 0 Å². The number of nitrogens with zero attached hydrogens (tertiary/aromatic N) is 1. The van der Waals surface area contributed by atoms with Crippen molar-refractivity contribution in [3.8, 4) is 0 Å². The Morgan fingerprint density at radius 2 is 1.92 bits per heavy atom. The number of hydrogen-bond donors (Lipinski definition) is 0. The smallest absolute Gasteiger partial charge is 0.411 e. The van der Waals surface area contributed by atoms with Gasteiger partial charge < -0.3 is 4.74 Å². The largest absolute Gasteiger partial charge is 0.444 e. The van der Waals surface area contributed by atoms with Crippen molar-refractivity contribution in [1.82, 2.24) is 4.90 Å². The fourth-order valence-corrected chi connectivity index (χ4v) is 3.92. The van der Waals surface area contributed by atoms with Gasteiger partial charge >= 0.3 is 6.09 Å². The maximum absolute atomic E-state index is 12.6. The highest BCUT2D eigenvalue weighted by atomic mass is 16.6. The Bertz CT molecular complexity index is 654. The van der Waals surface area contributed by atoms with E-state index < -0.39 is 5.60 Å². The predicted molar refractivity (Wildman–Crippen MR) is 98.0 cm³/mol. The van der Waals surface area contributed by atoms with Crippen LogP contribution in [-0.4, -0.2) is 28.7 Å². The second kappa shape index (κ2) is 6.27. The molecule has 2 bridgehead atoms. The topological polar surface area (TPSA) is 29.5 Å². The highest BCUT2D eigenvalue weighted by Gasteiger charge is 2.41. The van der Waals surface area contributed by atoms with Crippen molar-refractivity contribution in [3.63, 3.8) is 0 Å². The fourth-order valence-electron chi connectivity index (χ4n) is 3.92. The van der Waals surface area contributed by atoms with Gasteiger partial charge in [-0.05, 0) is 62.7 Å². The van der Waals surface area contributed by atoms with Gasteiger partial charge in [0.15, 0.2) is 0 Å². The highest BCUT2D eigenvalue weighted by molar-refractivity contribution is 5.76. The molecule has 1 fully saturated rings. The van der Waals surface area contributed by atoms with Crippen LogP contribution in [-0.2, 0) is 4.74 Å². The monoisotopic (exact) mass is 327 g/mol. The van der Waals surface area contributed by atoms with Gasteiger partial charge in [0.05, 0.1) is 6.04 Å². The minimum atomic E-state index is -0.440. The Labute approximate surface area is 145 Å². The van der Waals surface area contributed by atoms with Crippen molar-refractivity contribution in [2.45, 2.75) is 77.5 Å². The maximum Gasteiger partial charge on any atom is 0.411 e. The van der Waals surface area contributed by atoms with Crippen molar-refractivity contribution in [2.75, 3.05) is 0 Å². The lowest BCUT2D eigenvalue weighted by atomic mass is 9.88. The third-order valence-electron chi connectivity index (χ3n) is 4.93. The number of benzene rings is 1. The number of carbonyl (C=O) groups excluding carboxylic acids is 1. The van der Waals surface area contributed by atoms with Gasteiger partial charge in [-0.3, -0.25) is 4.90 Å². The SMILES string of the molecule is CC(C)c1ccccc1C1=CC2CCC(C1)N2C(=O)OC(C)(C)C. The Kier molecular flexibility index (Phi) is 4.46. The summed E-state index contributed by atoms with van der Waals surface area (Å²) in [6, 6.07) is 9.12. The van der Waals surface area contributed by atoms with E-state index >= 15 is 0 Å². The van der Waals surface area contributed by atoms with E-state index in [0.717, 1.165) is 19.3 Å². The molecule has 130 valence electrons. The van der Waals surface area contributed by atoms with Gasteiger partial charge in [-0.1, -0.05) is 44.2 Å². The molecule has 2 heterocycles. The van der Waals surface area contributed by atoms with Gasteiger partial charge in [-0.2, -0.15) is 0 Å². The third kappa shape index (κ3) is 3.35. The van der Waals surface area contributed by atoms with Crippen molar-refractivity contribution in [2.24, 2.45) is 0 Å². The molecule has 0 saturated carbocycles. The minimum absolute atomic E-state index is 0.164. The molecular weight excluding hydrogens is 298 g/mol. The summed E-state index contributed by atoms with van der Waals surface area (Å²) >= 11 is 0. The molecule has 3 rings (SSSR count). The Morgan fingerprint density at radius 3 is 2.54 bits per heavy atom. The second-order valence-corrected chi connectivity index (χ2v) is 8.32. The number of hydrogen-bond acceptors (Lipinski definition) is 2. The summed E-state index contributed by atoms with van der Waals surface area (Å²) in [6.45, 7) is 10.3. The molecule has 0 aliphatic carbocycles. The fraction of sp³-hybridized carbons (Fsp3) is 0.571. The molecule has 24 heavy (non-hydrogen) atoms. The average Bonchev–Trinajstić information content (AvgIpc) is 2.76. The summed E-state index contributed by atoms with van der Waals surface area (Å²) in [5, 5.41) is 0. The van der Waals surface area contributed by atoms with Gasteiger partial charge in [0.1, 0.15) is 5.60 Å². The number of amides is 1. The molecule has 2 unspecified atom stereocenters. The Balaban J connectivity index is 1.87. The molecule has 0 N–H and O–H groups in total. The van der Waals surface area contributed by atoms with Crippen LogP contribution in [0.15, 0.2) is 30.3 Å². The molecule has 3 heteroatoms. The third-order valence-corrected chi connectivity index (χ3v) is 4.93. The van der Waals surface area contributed by atoms with Crippen LogP contribution in [0.4, 0.5) is 4.79 Å². The van der Waals surface area contributed by atoms with Crippen LogP contribution in [0.25, 0.3) is 5.57 Å². The van der Waals surface area contributed by atoms with E-state index in [1.165, 1.54) is 16.7 Å². The lowest BCUT2D eigenvalue weighted by Gasteiger charge is -2.36. The first-order valence-electron chi connectivity index (χ1n) is 9.07. The highest BCUT2D eigenvalue weighted by Crippen LogP contribution is 2.41. The van der Waals surface area contributed by atoms with Crippen molar-refractivity contribution < 1.29 is 9.53 Å². The van der Waals surface area contributed by atoms with E-state index in [1.807, 2.05) is 25.7 Å². The van der Waals surface area contributed by atoms with Crippen LogP contribution in [0.5, 0.6) is 0 Å². The van der Waals surface area contributed by atoms with Crippen molar-refractivity contribution in [3.05, 3.63) is 41.5 Å². The van der Waals surface area contributed by atoms with E-state index in [1.54, 1.807) is 0 Å². The lowest BCUT2D eigenvalue weighted by Crippen LogP contribution is -2.45. The van der Waals surface area contributed by atoms with E-state index in [4.69, 9.17) is 4.74 Å². The van der Waals surface area contributed by atoms with Gasteiger partial charge in [-0.15, -0.1) is 0 Å². The Morgan fingerprint density at radius 1 is 1.21 bits per heavy atom. The van der Waals surface area contributed by atoms with Crippen LogP contribution < -0.4 is 0 Å². The maximum atomic E-state index is 12.6. The molecular formula is C21H29NO2. The summed E-state index contributed by atoms with van der Waals surface area (Å²) in [6.07, 6.45) is 5.17. The van der Waals surface area contributed by atoms with Gasteiger partial charge in [0.25, 0.3) is 0 Å². The molecule has 1 amide bonds. The number of carbonyl (C=O) groups is 1. The molecule has 2 aliphatic rings. The zero-order chi connectivity index (χ0) is 17.5. The van der Waals surface area contributed by atoms with Crippen LogP contribution in [0.2, 0.25) is 0 Å². The number of ether oxygens (including phenoxy) is 1. The standard InChI is InChI=1S/C21H29NO2/c1-14(2)18-8-6-7-9-19(18)15-12-16-10-11-17(13-15)22(16)20(23)24-21(3,4)5/h6-9,12,14,16-17H,10-11,13H2,1-5H3. The predicted octanol–water partition coefficient (Wildman–Crippen LogP) is 5.37. The Hall–Kier alpha value is -1.77. The van der Waals surface area contributed by atoms with Crippen molar-refractivity contribution >= 4 is 11.7 Å². The van der Waals surface area contributed by atoms with E-state index in [2.05, 4.69) is 44.2 Å². The second-order valence-electron chi connectivity index (χ2n) is 8.32. The normalized spacial score (nSPS) is 23.4. The molecule has 0 spiro atoms. The first-order valence-corrected chi connectivity index (χ1v) is 9.07. The van der Waals surface area contributed by atoms with E-state index in [-0.39, 0.29) is 18.2 Å². The summed E-state index contributed by atoms with van der Waals surface area (Å²) in [5.74, 6) is 0.503. The minimum Gasteiger partial charge on any atom is -0.444 e. The van der Waals surface area contributed by atoms with E-state index in [0.29, 0.717) is 5.92 Å². The molecule has 3 nitrogen and oxygen atoms in total. The zero-order valence-electron chi connectivity index (χ0n) is 15.5. The first kappa shape index (κ1) is 17.1. The van der Waals surface area contributed by atoms with Gasteiger partial charge in [0, 0.05) is 6.04 Å². The van der Waals surface area contributed by atoms with E-state index in [9.17, 15) is 4.79 Å². The molecule has 0 radical (unpaired) electrons. The molecule has 1 saturated heterocycles. The van der Waals surface area contributed by atoms with Gasteiger partial charge in [0.2, 0.25) is 0 Å². The quantitative estimate of drug-likeness (QED) is 0.731. The molecule has 2 aliphatic heterocycles. The lowest BCUT2D eigenvalue weighted by molar-refractivity contribution is 0.0175. The zero-order valence-corrected chi connectivity index (χ0v) is 15.5. The molecule has 1 aromatic rings. The van der Waals surface area contributed by atoms with Crippen LogP contribution in [0.1, 0.15) is 70.9 Å². The van der Waals surface area contributed by atoms with Crippen LogP contribution >= 0.6 is 0 Å². The molecule has 2 atom stereocenters. The first-order chi connectivity index (χ1) is 11.3. The van der Waals surface area contributed by atoms with Crippen LogP contribution in [0.3, 0.4) is 0 Å². The molecule has 1 aromatic carbocycles. The summed E-state index contributed by atoms with van der Waals surface area (Å²) in [5.41, 5.74) is 3.71. The number of fused-ring (bicyclic) bond motifs is 2. The van der Waals surface area contributed by atoms with Gasteiger partial charge in [-0.25, -0.2) is 4.79 Å². The number of rotatable bonds is 2. The summed E-state index contributed by atoms with van der Waals surface area (Å²) in [7, 11) is 0. The molecule has 0 aromatic heterocycles. The average molecular weight is 327 g/mol. The summed E-state index contributed by atoms with van der Waals surface area (Å²) in [4.78, 5) is 14.5.